The van der Waals surface area contributed by atoms with Crippen molar-refractivity contribution >= 4 is 17.2 Å². The van der Waals surface area contributed by atoms with E-state index in [1.807, 2.05) is 5.38 Å². The number of likely N-dealkylation sites (N-methyl/N-ethyl adjacent to an activating group) is 1. The third-order valence-electron chi connectivity index (χ3n) is 3.80. The van der Waals surface area contributed by atoms with E-state index in [4.69, 9.17) is 0 Å². The summed E-state index contributed by atoms with van der Waals surface area (Å²) in [7, 11) is 1.77. The number of aliphatic hydroxyl groups is 1. The fourth-order valence-electron chi connectivity index (χ4n) is 2.20. The first-order valence-corrected chi connectivity index (χ1v) is 8.83. The van der Waals surface area contributed by atoms with Crippen molar-refractivity contribution in [3.63, 3.8) is 0 Å². The second-order valence-electron chi connectivity index (χ2n) is 5.82. The highest BCUT2D eigenvalue weighted by molar-refractivity contribution is 7.13. The molecule has 0 aliphatic heterocycles. The summed E-state index contributed by atoms with van der Waals surface area (Å²) in [6.45, 7) is 4.43. The van der Waals surface area contributed by atoms with Crippen LogP contribution in [0.15, 0.2) is 29.6 Å². The molecule has 1 unspecified atom stereocenters. The number of nitrogens with zero attached hydrogens (tertiary/aromatic N) is 2. The first-order chi connectivity index (χ1) is 11.0. The van der Waals surface area contributed by atoms with E-state index in [1.54, 1.807) is 30.2 Å². The Labute approximate surface area is 141 Å². The Morgan fingerprint density at radius 3 is 2.65 bits per heavy atom. The van der Waals surface area contributed by atoms with Crippen LogP contribution in [0, 0.1) is 0 Å². The molecule has 1 aromatic heterocycles. The highest BCUT2D eigenvalue weighted by Gasteiger charge is 2.13. The van der Waals surface area contributed by atoms with Gasteiger partial charge in [0.15, 0.2) is 0 Å². The maximum Gasteiger partial charge on any atom is 0.228 e. The summed E-state index contributed by atoms with van der Waals surface area (Å²) in [6, 6.07) is 8.40. The van der Waals surface area contributed by atoms with Gasteiger partial charge in [0.1, 0.15) is 5.01 Å². The number of hydrogen-bond donors (Lipinski definition) is 1. The lowest BCUT2D eigenvalue weighted by molar-refractivity contribution is -0.129. The minimum atomic E-state index is -0.387. The maximum atomic E-state index is 12.2. The lowest BCUT2D eigenvalue weighted by atomic mass is 10.1. The number of thiazole rings is 1. The highest BCUT2D eigenvalue weighted by Crippen LogP contribution is 2.24. The molecular formula is C18H24N2O2S. The van der Waals surface area contributed by atoms with Gasteiger partial charge in [0, 0.05) is 24.5 Å². The van der Waals surface area contributed by atoms with Gasteiger partial charge in [-0.15, -0.1) is 11.3 Å². The topological polar surface area (TPSA) is 53.4 Å². The van der Waals surface area contributed by atoms with Gasteiger partial charge in [0.2, 0.25) is 5.91 Å². The molecule has 1 N–H and O–H groups in total. The number of aryl methyl sites for hydroxylation is 1. The highest BCUT2D eigenvalue weighted by atomic mass is 32.1. The van der Waals surface area contributed by atoms with Crippen LogP contribution >= 0.6 is 11.3 Å². The maximum absolute atomic E-state index is 12.2. The van der Waals surface area contributed by atoms with E-state index in [2.05, 4.69) is 36.2 Å². The van der Waals surface area contributed by atoms with Gasteiger partial charge < -0.3 is 10.0 Å². The van der Waals surface area contributed by atoms with Gasteiger partial charge in [-0.05, 0) is 25.3 Å². The van der Waals surface area contributed by atoms with Gasteiger partial charge >= 0.3 is 0 Å². The molecule has 2 aromatic rings. The summed E-state index contributed by atoms with van der Waals surface area (Å²) in [6.07, 6.45) is 1.53. The number of carbonyl (C=O) groups excluding carboxylic acids is 1. The third-order valence-corrected chi connectivity index (χ3v) is 4.74. The van der Waals surface area contributed by atoms with E-state index in [0.29, 0.717) is 19.4 Å². The minimum absolute atomic E-state index is 0.0313. The van der Waals surface area contributed by atoms with Gasteiger partial charge in [-0.2, -0.15) is 0 Å². The Hall–Kier alpha value is -1.72. The van der Waals surface area contributed by atoms with Gasteiger partial charge in [-0.1, -0.05) is 31.2 Å². The average Bonchev–Trinajstić information content (AvgIpc) is 3.01. The van der Waals surface area contributed by atoms with Crippen LogP contribution in [0.3, 0.4) is 0 Å². The minimum Gasteiger partial charge on any atom is -0.393 e. The van der Waals surface area contributed by atoms with Crippen LogP contribution in [0.2, 0.25) is 0 Å². The first-order valence-electron chi connectivity index (χ1n) is 7.95. The molecule has 23 heavy (non-hydrogen) atoms. The Morgan fingerprint density at radius 1 is 1.35 bits per heavy atom. The quantitative estimate of drug-likeness (QED) is 0.847. The van der Waals surface area contributed by atoms with Crippen molar-refractivity contribution in [1.29, 1.82) is 0 Å². The fourth-order valence-corrected chi connectivity index (χ4v) is 3.02. The SMILES string of the molecule is CCc1ccc(-c2nc(CC(=O)N(C)CCC(C)O)cs2)cc1. The standard InChI is InChI=1S/C18H24N2O2S/c1-4-14-5-7-15(8-6-14)18-19-16(12-23-18)11-17(22)20(3)10-9-13(2)21/h5-8,12-13,21H,4,9-11H2,1-3H3. The number of amides is 1. The Bertz CT molecular complexity index is 635. The van der Waals surface area contributed by atoms with Crippen molar-refractivity contribution < 1.29 is 9.90 Å². The number of aromatic nitrogens is 1. The number of benzene rings is 1. The zero-order valence-corrected chi connectivity index (χ0v) is 14.8. The molecule has 0 aliphatic rings. The summed E-state index contributed by atoms with van der Waals surface area (Å²) < 4.78 is 0. The van der Waals surface area contributed by atoms with Crippen molar-refractivity contribution in [2.75, 3.05) is 13.6 Å². The summed E-state index contributed by atoms with van der Waals surface area (Å²) in [5.74, 6) is 0.0313. The molecule has 1 atom stereocenters. The van der Waals surface area contributed by atoms with Crippen LogP contribution in [-0.2, 0) is 17.6 Å². The second-order valence-corrected chi connectivity index (χ2v) is 6.68. The van der Waals surface area contributed by atoms with Gasteiger partial charge in [-0.3, -0.25) is 4.79 Å². The van der Waals surface area contributed by atoms with Crippen LogP contribution in [0.4, 0.5) is 0 Å². The van der Waals surface area contributed by atoms with Gasteiger partial charge in [0.05, 0.1) is 18.2 Å². The lowest BCUT2D eigenvalue weighted by Gasteiger charge is -2.17. The van der Waals surface area contributed by atoms with Crippen LogP contribution in [-0.4, -0.2) is 40.6 Å². The second kappa shape index (κ2) is 8.22. The van der Waals surface area contributed by atoms with Crippen molar-refractivity contribution in [3.8, 4) is 10.6 Å². The lowest BCUT2D eigenvalue weighted by Crippen LogP contribution is -2.30. The number of hydrogen-bond acceptors (Lipinski definition) is 4. The van der Waals surface area contributed by atoms with Gasteiger partial charge in [0.25, 0.3) is 0 Å². The zero-order valence-electron chi connectivity index (χ0n) is 14.0. The first kappa shape index (κ1) is 17.6. The summed E-state index contributed by atoms with van der Waals surface area (Å²) in [5, 5.41) is 12.2. The number of aliphatic hydroxyl groups excluding tert-OH is 1. The molecular weight excluding hydrogens is 308 g/mol. The van der Waals surface area contributed by atoms with Gasteiger partial charge in [-0.25, -0.2) is 4.98 Å². The van der Waals surface area contributed by atoms with Crippen molar-refractivity contribution in [3.05, 3.63) is 40.9 Å². The summed E-state index contributed by atoms with van der Waals surface area (Å²) in [5.41, 5.74) is 3.20. The van der Waals surface area contributed by atoms with E-state index in [0.717, 1.165) is 22.7 Å². The molecule has 1 heterocycles. The molecule has 124 valence electrons. The molecule has 1 aromatic carbocycles. The van der Waals surface area contributed by atoms with Crippen LogP contribution < -0.4 is 0 Å². The molecule has 5 heteroatoms. The zero-order chi connectivity index (χ0) is 16.8. The third kappa shape index (κ3) is 5.15. The summed E-state index contributed by atoms with van der Waals surface area (Å²) >= 11 is 1.57. The molecule has 4 nitrogen and oxygen atoms in total. The molecule has 2 rings (SSSR count). The van der Waals surface area contributed by atoms with E-state index >= 15 is 0 Å². The predicted octanol–water partition coefficient (Wildman–Crippen LogP) is 3.14. The Balaban J connectivity index is 1.97. The van der Waals surface area contributed by atoms with E-state index in [-0.39, 0.29) is 12.0 Å². The van der Waals surface area contributed by atoms with Crippen LogP contribution in [0.1, 0.15) is 31.5 Å². The van der Waals surface area contributed by atoms with Crippen molar-refractivity contribution in [2.24, 2.45) is 0 Å². The number of carbonyl (C=O) groups is 1. The molecule has 0 saturated heterocycles. The molecule has 0 spiro atoms. The predicted molar refractivity (Wildman–Crippen MR) is 94.6 cm³/mol. The Kier molecular flexibility index (Phi) is 6.30. The molecule has 0 saturated carbocycles. The largest absolute Gasteiger partial charge is 0.393 e. The summed E-state index contributed by atoms with van der Waals surface area (Å²) in [4.78, 5) is 18.4. The van der Waals surface area contributed by atoms with E-state index in [1.165, 1.54) is 5.56 Å². The number of rotatable bonds is 7. The average molecular weight is 332 g/mol. The fraction of sp³-hybridized carbons (Fsp3) is 0.444. The van der Waals surface area contributed by atoms with E-state index in [9.17, 15) is 9.90 Å². The Morgan fingerprint density at radius 2 is 2.04 bits per heavy atom. The van der Waals surface area contributed by atoms with Crippen LogP contribution in [0.5, 0.6) is 0 Å². The van der Waals surface area contributed by atoms with Crippen molar-refractivity contribution in [1.82, 2.24) is 9.88 Å². The normalized spacial score (nSPS) is 12.2. The molecule has 0 radical (unpaired) electrons. The molecule has 0 aliphatic carbocycles. The molecule has 0 fully saturated rings. The monoisotopic (exact) mass is 332 g/mol. The molecule has 1 amide bonds. The smallest absolute Gasteiger partial charge is 0.228 e. The molecule has 0 bridgehead atoms. The van der Waals surface area contributed by atoms with Crippen molar-refractivity contribution in [2.45, 2.75) is 39.2 Å². The van der Waals surface area contributed by atoms with E-state index < -0.39 is 0 Å². The van der Waals surface area contributed by atoms with Crippen LogP contribution in [0.25, 0.3) is 10.6 Å².